The summed E-state index contributed by atoms with van der Waals surface area (Å²) in [4.78, 5) is 38.2. The Morgan fingerprint density at radius 1 is 1.07 bits per heavy atom. The number of hydrogen-bond acceptors (Lipinski definition) is 5. The molecule has 30 heavy (non-hydrogen) atoms. The van der Waals surface area contributed by atoms with Gasteiger partial charge in [0, 0.05) is 18.2 Å². The first-order valence-corrected chi connectivity index (χ1v) is 9.95. The number of carbonyl (C=O) groups excluding carboxylic acids is 3. The second-order valence-corrected chi connectivity index (χ2v) is 7.21. The van der Waals surface area contributed by atoms with Crippen LogP contribution in [0.15, 0.2) is 48.5 Å². The average Bonchev–Trinajstić information content (AvgIpc) is 2.91. The maximum Gasteiger partial charge on any atom is 0.325 e. The van der Waals surface area contributed by atoms with Gasteiger partial charge in [0.05, 0.1) is 13.2 Å². The number of carbonyl (C=O) groups is 3. The van der Waals surface area contributed by atoms with E-state index < -0.39 is 18.0 Å². The zero-order valence-electron chi connectivity index (χ0n) is 16.4. The van der Waals surface area contributed by atoms with Crippen LogP contribution < -0.4 is 20.1 Å². The Morgan fingerprint density at radius 2 is 1.83 bits per heavy atom. The summed E-state index contributed by atoms with van der Waals surface area (Å²) in [6.07, 6.45) is 1.93. The van der Waals surface area contributed by atoms with Gasteiger partial charge in [-0.05, 0) is 30.5 Å². The van der Waals surface area contributed by atoms with Crippen LogP contribution in [0.5, 0.6) is 11.5 Å². The molecule has 0 bridgehead atoms. The molecule has 0 radical (unpaired) electrons. The van der Waals surface area contributed by atoms with Crippen molar-refractivity contribution in [3.63, 3.8) is 0 Å². The molecule has 0 saturated carbocycles. The van der Waals surface area contributed by atoms with E-state index in [1.54, 1.807) is 18.2 Å². The second kappa shape index (κ2) is 8.86. The molecule has 2 aliphatic rings. The lowest BCUT2D eigenvalue weighted by Gasteiger charge is -2.14. The monoisotopic (exact) mass is 409 g/mol. The van der Waals surface area contributed by atoms with Gasteiger partial charge in [0.25, 0.3) is 5.91 Å². The number of nitrogens with zero attached hydrogens (tertiary/aromatic N) is 1. The highest BCUT2D eigenvalue weighted by Gasteiger charge is 2.38. The van der Waals surface area contributed by atoms with Crippen LogP contribution in [-0.4, -0.2) is 48.5 Å². The Morgan fingerprint density at radius 3 is 2.63 bits per heavy atom. The standard InChI is InChI=1S/C22H23N3O5/c26-20(23-16-8-10-18-19(13-16)30-12-4-11-29-18)14-25-21(27)17(24-22(25)28)9-7-15-5-2-1-3-6-15/h1-3,5-6,8,10,13,17H,4,7,9,11-12,14H2,(H,23,26)(H,24,28)/t17-/m0/s1. The minimum atomic E-state index is -0.622. The molecule has 2 heterocycles. The van der Waals surface area contributed by atoms with E-state index in [0.717, 1.165) is 16.9 Å². The van der Waals surface area contributed by atoms with E-state index in [-0.39, 0.29) is 12.5 Å². The molecule has 1 atom stereocenters. The lowest BCUT2D eigenvalue weighted by molar-refractivity contribution is -0.130. The zero-order valence-corrected chi connectivity index (χ0v) is 16.4. The van der Waals surface area contributed by atoms with Crippen molar-refractivity contribution >= 4 is 23.5 Å². The summed E-state index contributed by atoms with van der Waals surface area (Å²) in [5.41, 5.74) is 1.60. The Bertz CT molecular complexity index is 947. The molecule has 2 aromatic carbocycles. The van der Waals surface area contributed by atoms with Crippen molar-refractivity contribution in [2.75, 3.05) is 25.1 Å². The number of urea groups is 1. The van der Waals surface area contributed by atoms with Crippen molar-refractivity contribution in [2.45, 2.75) is 25.3 Å². The number of nitrogens with one attached hydrogen (secondary N) is 2. The lowest BCUT2D eigenvalue weighted by Crippen LogP contribution is -2.38. The Hall–Kier alpha value is -3.55. The first-order valence-electron chi connectivity index (χ1n) is 9.95. The largest absolute Gasteiger partial charge is 0.490 e. The predicted molar refractivity (Wildman–Crippen MR) is 109 cm³/mol. The van der Waals surface area contributed by atoms with Gasteiger partial charge >= 0.3 is 6.03 Å². The second-order valence-electron chi connectivity index (χ2n) is 7.21. The molecular formula is C22H23N3O5. The van der Waals surface area contributed by atoms with Crippen LogP contribution in [-0.2, 0) is 16.0 Å². The third-order valence-electron chi connectivity index (χ3n) is 5.00. The maximum absolute atomic E-state index is 12.6. The highest BCUT2D eigenvalue weighted by atomic mass is 16.5. The van der Waals surface area contributed by atoms with Gasteiger partial charge in [0.2, 0.25) is 5.91 Å². The summed E-state index contributed by atoms with van der Waals surface area (Å²) in [6.45, 7) is 0.772. The lowest BCUT2D eigenvalue weighted by atomic mass is 10.1. The summed E-state index contributed by atoms with van der Waals surface area (Å²) in [7, 11) is 0. The fourth-order valence-corrected chi connectivity index (χ4v) is 3.46. The summed E-state index contributed by atoms with van der Waals surface area (Å²) < 4.78 is 11.2. The van der Waals surface area contributed by atoms with Crippen LogP contribution in [0, 0.1) is 0 Å². The number of aryl methyl sites for hydroxylation is 1. The van der Waals surface area contributed by atoms with Gasteiger partial charge in [-0.15, -0.1) is 0 Å². The normalized spacial score (nSPS) is 18.0. The van der Waals surface area contributed by atoms with Crippen LogP contribution in [0.25, 0.3) is 0 Å². The minimum Gasteiger partial charge on any atom is -0.490 e. The molecule has 4 amide bonds. The molecule has 156 valence electrons. The average molecular weight is 409 g/mol. The van der Waals surface area contributed by atoms with E-state index in [2.05, 4.69) is 10.6 Å². The minimum absolute atomic E-state index is 0.346. The van der Waals surface area contributed by atoms with Gasteiger partial charge in [-0.25, -0.2) is 4.79 Å². The first-order chi connectivity index (χ1) is 14.6. The molecule has 0 aromatic heterocycles. The van der Waals surface area contributed by atoms with E-state index in [0.29, 0.717) is 43.2 Å². The van der Waals surface area contributed by atoms with Crippen molar-refractivity contribution in [3.8, 4) is 11.5 Å². The van der Waals surface area contributed by atoms with Crippen LogP contribution in [0.4, 0.5) is 10.5 Å². The Kier molecular flexibility index (Phi) is 5.83. The molecule has 0 spiro atoms. The first kappa shape index (κ1) is 19.8. The number of amides is 4. The fraction of sp³-hybridized carbons (Fsp3) is 0.318. The van der Waals surface area contributed by atoms with Gasteiger partial charge in [-0.1, -0.05) is 30.3 Å². The summed E-state index contributed by atoms with van der Waals surface area (Å²) in [5, 5.41) is 5.37. The number of imide groups is 1. The molecule has 2 aliphatic heterocycles. The number of ether oxygens (including phenoxy) is 2. The third-order valence-corrected chi connectivity index (χ3v) is 5.00. The van der Waals surface area contributed by atoms with Crippen molar-refractivity contribution in [3.05, 3.63) is 54.1 Å². The highest BCUT2D eigenvalue weighted by molar-refractivity contribution is 6.07. The quantitative estimate of drug-likeness (QED) is 0.714. The summed E-state index contributed by atoms with van der Waals surface area (Å²) in [5.74, 6) is 0.337. The van der Waals surface area contributed by atoms with Gasteiger partial charge in [-0.3, -0.25) is 14.5 Å². The smallest absolute Gasteiger partial charge is 0.325 e. The van der Waals surface area contributed by atoms with Crippen LogP contribution in [0.2, 0.25) is 0 Å². The van der Waals surface area contributed by atoms with Crippen molar-refractivity contribution in [1.29, 1.82) is 0 Å². The zero-order chi connectivity index (χ0) is 20.9. The van der Waals surface area contributed by atoms with Crippen LogP contribution >= 0.6 is 0 Å². The number of benzene rings is 2. The van der Waals surface area contributed by atoms with Gasteiger partial charge in [0.1, 0.15) is 12.6 Å². The number of rotatable bonds is 6. The topological polar surface area (TPSA) is 97.0 Å². The third kappa shape index (κ3) is 4.53. The highest BCUT2D eigenvalue weighted by Crippen LogP contribution is 2.32. The SMILES string of the molecule is O=C(CN1C(=O)N[C@@H](CCc2ccccc2)C1=O)Nc1ccc2c(c1)OCCCO2. The molecule has 1 saturated heterocycles. The van der Waals surface area contributed by atoms with E-state index in [4.69, 9.17) is 9.47 Å². The van der Waals surface area contributed by atoms with Crippen LogP contribution in [0.3, 0.4) is 0 Å². The number of anilines is 1. The Balaban J connectivity index is 1.33. The summed E-state index contributed by atoms with van der Waals surface area (Å²) >= 11 is 0. The van der Waals surface area contributed by atoms with Gasteiger partial charge < -0.3 is 20.1 Å². The molecule has 0 aliphatic carbocycles. The van der Waals surface area contributed by atoms with Gasteiger partial charge in [-0.2, -0.15) is 0 Å². The number of hydrogen-bond donors (Lipinski definition) is 2. The molecular weight excluding hydrogens is 386 g/mol. The molecule has 2 aromatic rings. The van der Waals surface area contributed by atoms with E-state index >= 15 is 0 Å². The molecule has 1 fully saturated rings. The Labute approximate surface area is 174 Å². The summed E-state index contributed by atoms with van der Waals surface area (Å²) in [6, 6.07) is 13.7. The van der Waals surface area contributed by atoms with Gasteiger partial charge in [0.15, 0.2) is 11.5 Å². The molecule has 0 unspecified atom stereocenters. The van der Waals surface area contributed by atoms with Crippen molar-refractivity contribution in [1.82, 2.24) is 10.2 Å². The van der Waals surface area contributed by atoms with Crippen molar-refractivity contribution in [2.24, 2.45) is 0 Å². The number of fused-ring (bicyclic) bond motifs is 1. The molecule has 4 rings (SSSR count). The fourth-order valence-electron chi connectivity index (χ4n) is 3.46. The van der Waals surface area contributed by atoms with E-state index in [1.807, 2.05) is 30.3 Å². The molecule has 8 nitrogen and oxygen atoms in total. The van der Waals surface area contributed by atoms with E-state index in [9.17, 15) is 14.4 Å². The molecule has 8 heteroatoms. The van der Waals surface area contributed by atoms with Crippen LogP contribution in [0.1, 0.15) is 18.4 Å². The molecule has 2 N–H and O–H groups in total. The predicted octanol–water partition coefficient (Wildman–Crippen LogP) is 2.34. The van der Waals surface area contributed by atoms with Crippen molar-refractivity contribution < 1.29 is 23.9 Å². The maximum atomic E-state index is 12.6. The van der Waals surface area contributed by atoms with E-state index in [1.165, 1.54) is 0 Å².